The van der Waals surface area contributed by atoms with Crippen molar-refractivity contribution in [1.82, 2.24) is 4.40 Å². The summed E-state index contributed by atoms with van der Waals surface area (Å²) < 4.78 is 1.67. The topological polar surface area (TPSA) is 67.7 Å². The quantitative estimate of drug-likeness (QED) is 0.197. The molecular weight excluding hydrogens is 495 g/mol. The number of fused-ring (bicyclic) bond motifs is 1. The maximum absolute atomic E-state index is 13.5. The van der Waals surface area contributed by atoms with Gasteiger partial charge in [0.05, 0.1) is 5.69 Å². The van der Waals surface area contributed by atoms with Gasteiger partial charge in [-0.15, -0.1) is 0 Å². The largest absolute Gasteiger partial charge is 0.318 e. The van der Waals surface area contributed by atoms with Crippen LogP contribution in [0.3, 0.4) is 0 Å². The van der Waals surface area contributed by atoms with Crippen LogP contribution in [0, 0.1) is 0 Å². The molecule has 0 spiro atoms. The third kappa shape index (κ3) is 4.54. The predicted molar refractivity (Wildman–Crippen MR) is 142 cm³/mol. The highest BCUT2D eigenvalue weighted by molar-refractivity contribution is 6.47. The Hall–Kier alpha value is -4.19. The first-order valence-corrected chi connectivity index (χ1v) is 11.8. The third-order valence-corrected chi connectivity index (χ3v) is 6.25. The van der Waals surface area contributed by atoms with Crippen molar-refractivity contribution in [2.24, 2.45) is 0 Å². The van der Waals surface area contributed by atoms with Gasteiger partial charge in [0, 0.05) is 38.4 Å². The number of nitrogens with zero attached hydrogens (tertiary/aromatic N) is 1. The lowest BCUT2D eigenvalue weighted by Gasteiger charge is -2.12. The summed E-state index contributed by atoms with van der Waals surface area (Å²) in [6.45, 7) is 0. The molecule has 5 nitrogen and oxygen atoms in total. The van der Waals surface area contributed by atoms with Gasteiger partial charge >= 0.3 is 0 Å². The van der Waals surface area contributed by atoms with Crippen molar-refractivity contribution < 1.29 is 14.4 Å². The Balaban J connectivity index is 1.53. The molecule has 3 aromatic carbocycles. The van der Waals surface area contributed by atoms with Crippen molar-refractivity contribution in [2.75, 3.05) is 5.32 Å². The number of nitrogens with one attached hydrogen (secondary N) is 1. The number of amides is 1. The van der Waals surface area contributed by atoms with Crippen LogP contribution in [-0.2, 0) is 4.79 Å². The molecule has 2 heterocycles. The third-order valence-electron chi connectivity index (χ3n) is 5.77. The van der Waals surface area contributed by atoms with Gasteiger partial charge in [-0.05, 0) is 54.1 Å². The molecule has 0 aliphatic carbocycles. The Kier molecular flexibility index (Phi) is 6.42. The Morgan fingerprint density at radius 1 is 0.722 bits per heavy atom. The Morgan fingerprint density at radius 2 is 1.42 bits per heavy atom. The molecule has 0 fully saturated rings. The first-order chi connectivity index (χ1) is 17.4. The highest BCUT2D eigenvalue weighted by Gasteiger charge is 2.26. The second-order valence-corrected chi connectivity index (χ2v) is 8.95. The molecule has 0 atom stereocenters. The van der Waals surface area contributed by atoms with Gasteiger partial charge in [0.2, 0.25) is 0 Å². The van der Waals surface area contributed by atoms with Crippen molar-refractivity contribution in [3.05, 3.63) is 130 Å². The highest BCUT2D eigenvalue weighted by Crippen LogP contribution is 2.30. The molecule has 0 aliphatic rings. The molecule has 0 unspecified atom stereocenters. The molecule has 0 radical (unpaired) electrons. The van der Waals surface area contributed by atoms with Gasteiger partial charge in [0.1, 0.15) is 5.69 Å². The van der Waals surface area contributed by atoms with Crippen LogP contribution in [0.2, 0.25) is 10.0 Å². The maximum Gasteiger partial charge on any atom is 0.298 e. The summed E-state index contributed by atoms with van der Waals surface area (Å²) in [5.41, 5.74) is 3.11. The fourth-order valence-corrected chi connectivity index (χ4v) is 4.35. The lowest BCUT2D eigenvalue weighted by molar-refractivity contribution is -0.112. The van der Waals surface area contributed by atoms with E-state index >= 15 is 0 Å². The number of aromatic nitrogens is 1. The lowest BCUT2D eigenvalue weighted by Crippen LogP contribution is -2.25. The highest BCUT2D eigenvalue weighted by atomic mass is 35.5. The van der Waals surface area contributed by atoms with Crippen LogP contribution in [0.1, 0.15) is 26.4 Å². The second kappa shape index (κ2) is 9.82. The molecule has 1 amide bonds. The van der Waals surface area contributed by atoms with Gasteiger partial charge in [0.15, 0.2) is 5.78 Å². The fourth-order valence-electron chi connectivity index (χ4n) is 4.05. The average Bonchev–Trinajstić information content (AvgIpc) is 3.29. The summed E-state index contributed by atoms with van der Waals surface area (Å²) in [6.07, 6.45) is 1.72. The molecule has 176 valence electrons. The van der Waals surface area contributed by atoms with Crippen molar-refractivity contribution in [3.8, 4) is 11.1 Å². The van der Waals surface area contributed by atoms with Crippen LogP contribution < -0.4 is 5.32 Å². The molecule has 5 aromatic rings. The zero-order valence-electron chi connectivity index (χ0n) is 18.7. The number of carbonyl (C=O) groups excluding carboxylic acids is 3. The minimum Gasteiger partial charge on any atom is -0.318 e. The smallest absolute Gasteiger partial charge is 0.298 e. The average molecular weight is 513 g/mol. The maximum atomic E-state index is 13.5. The Labute approximate surface area is 216 Å². The first-order valence-electron chi connectivity index (χ1n) is 11.0. The van der Waals surface area contributed by atoms with E-state index in [0.717, 1.165) is 11.1 Å². The number of hydrogen-bond donors (Lipinski definition) is 1. The second-order valence-electron chi connectivity index (χ2n) is 8.08. The van der Waals surface area contributed by atoms with E-state index in [1.165, 1.54) is 12.1 Å². The predicted octanol–water partition coefficient (Wildman–Crippen LogP) is 6.97. The number of pyridine rings is 1. The summed E-state index contributed by atoms with van der Waals surface area (Å²) in [5.74, 6) is -1.95. The lowest BCUT2D eigenvalue weighted by atomic mass is 10.0. The van der Waals surface area contributed by atoms with Crippen LogP contribution >= 0.6 is 23.2 Å². The SMILES string of the molecule is O=C(Nc1ccc(Cl)cc1C(=O)c1ccccc1)C(=O)c1c(-c2ccc(Cl)cc2)cc2ccccn12. The van der Waals surface area contributed by atoms with E-state index < -0.39 is 11.7 Å². The number of hydrogen-bond acceptors (Lipinski definition) is 3. The molecule has 1 N–H and O–H groups in total. The Bertz CT molecular complexity index is 1620. The van der Waals surface area contributed by atoms with Crippen molar-refractivity contribution >= 4 is 51.9 Å². The van der Waals surface area contributed by atoms with Crippen LogP contribution in [0.25, 0.3) is 16.6 Å². The monoisotopic (exact) mass is 512 g/mol. The molecule has 2 aromatic heterocycles. The number of benzene rings is 3. The van der Waals surface area contributed by atoms with E-state index in [1.807, 2.05) is 18.2 Å². The molecule has 0 saturated carbocycles. The van der Waals surface area contributed by atoms with Gasteiger partial charge in [-0.25, -0.2) is 0 Å². The van der Waals surface area contributed by atoms with E-state index in [-0.39, 0.29) is 22.7 Å². The number of rotatable bonds is 6. The zero-order valence-corrected chi connectivity index (χ0v) is 20.3. The number of carbonyl (C=O) groups is 3. The van der Waals surface area contributed by atoms with Gasteiger partial charge in [0.25, 0.3) is 11.7 Å². The molecule has 5 rings (SSSR count). The molecule has 7 heteroatoms. The molecule has 0 aliphatic heterocycles. The fraction of sp³-hybridized carbons (Fsp3) is 0. The molecular formula is C29H18Cl2N2O3. The van der Waals surface area contributed by atoms with Crippen LogP contribution in [-0.4, -0.2) is 21.9 Å². The minimum absolute atomic E-state index is 0.188. The van der Waals surface area contributed by atoms with E-state index in [4.69, 9.17) is 23.2 Å². The zero-order chi connectivity index (χ0) is 25.2. The summed E-state index contributed by atoms with van der Waals surface area (Å²) in [5, 5.41) is 3.52. The number of Topliss-reactive ketones (excluding diaryl/α,β-unsaturated/α-hetero) is 1. The normalized spacial score (nSPS) is 10.8. The van der Waals surface area contributed by atoms with Crippen molar-refractivity contribution in [2.45, 2.75) is 0 Å². The first kappa shape index (κ1) is 23.5. The number of halogens is 2. The van der Waals surface area contributed by atoms with Gasteiger partial charge in [-0.2, -0.15) is 0 Å². The van der Waals surface area contributed by atoms with E-state index in [9.17, 15) is 14.4 Å². The summed E-state index contributed by atoms with van der Waals surface area (Å²) in [6, 6.07) is 27.5. The summed E-state index contributed by atoms with van der Waals surface area (Å²) in [4.78, 5) is 39.9. The van der Waals surface area contributed by atoms with E-state index in [0.29, 0.717) is 21.2 Å². The molecule has 36 heavy (non-hydrogen) atoms. The number of ketones is 2. The molecule has 0 bridgehead atoms. The van der Waals surface area contributed by atoms with E-state index in [1.54, 1.807) is 77.3 Å². The Morgan fingerprint density at radius 3 is 2.17 bits per heavy atom. The van der Waals surface area contributed by atoms with Gasteiger partial charge in [-0.3, -0.25) is 14.4 Å². The van der Waals surface area contributed by atoms with Crippen molar-refractivity contribution in [3.63, 3.8) is 0 Å². The van der Waals surface area contributed by atoms with Crippen molar-refractivity contribution in [1.29, 1.82) is 0 Å². The van der Waals surface area contributed by atoms with Crippen LogP contribution in [0.15, 0.2) is 103 Å². The van der Waals surface area contributed by atoms with E-state index in [2.05, 4.69) is 5.32 Å². The van der Waals surface area contributed by atoms with Crippen LogP contribution in [0.4, 0.5) is 5.69 Å². The van der Waals surface area contributed by atoms with Crippen LogP contribution in [0.5, 0.6) is 0 Å². The summed E-state index contributed by atoms with van der Waals surface area (Å²) in [7, 11) is 0. The number of anilines is 1. The molecule has 0 saturated heterocycles. The van der Waals surface area contributed by atoms with Gasteiger partial charge in [-0.1, -0.05) is 71.7 Å². The van der Waals surface area contributed by atoms with Gasteiger partial charge < -0.3 is 9.72 Å². The summed E-state index contributed by atoms with van der Waals surface area (Å²) >= 11 is 12.2. The standard InChI is InChI=1S/C29H18Cl2N2O3/c30-20-11-9-18(10-12-20)23-17-22-8-4-5-15-33(22)26(23)28(35)29(36)32-25-14-13-21(31)16-24(25)27(34)19-6-2-1-3-7-19/h1-17H,(H,32,36). The minimum atomic E-state index is -0.876.